The van der Waals surface area contributed by atoms with Gasteiger partial charge in [0.25, 0.3) is 0 Å². The molecular formula is C31H38O5Si. The molecule has 37 heavy (non-hydrogen) atoms. The third kappa shape index (κ3) is 6.58. The molecule has 5 nitrogen and oxygen atoms in total. The van der Waals surface area contributed by atoms with Gasteiger partial charge in [-0.1, -0.05) is 115 Å². The standard InChI is InChI=1S/C31H38O5Si/c1-31(2,37(25-14-8-4-9-15-25)26-16-10-5-11-17-26)23-36-28-22-35-29-27(21-34-30(28)29)33-19-18-32-20-24-12-6-3-7-13-24/h3-17,27-30,37H,18-23H2,1-2H3/t27-,28+,29-,30+/m1/s1. The van der Waals surface area contributed by atoms with E-state index in [2.05, 4.69) is 86.6 Å². The lowest BCUT2D eigenvalue weighted by atomic mass is 10.1. The Morgan fingerprint density at radius 3 is 1.78 bits per heavy atom. The van der Waals surface area contributed by atoms with Crippen LogP contribution in [0.2, 0.25) is 5.04 Å². The van der Waals surface area contributed by atoms with Crippen LogP contribution in [0, 0.1) is 0 Å². The largest absolute Gasteiger partial charge is 0.374 e. The molecule has 0 N–H and O–H groups in total. The molecule has 0 spiro atoms. The fraction of sp³-hybridized carbons (Fsp3) is 0.419. The highest BCUT2D eigenvalue weighted by Gasteiger charge is 2.49. The summed E-state index contributed by atoms with van der Waals surface area (Å²) in [5.41, 5.74) is 1.17. The molecule has 2 heterocycles. The van der Waals surface area contributed by atoms with Crippen LogP contribution in [0.1, 0.15) is 19.4 Å². The number of fused-ring (bicyclic) bond motifs is 1. The van der Waals surface area contributed by atoms with Crippen molar-refractivity contribution in [1.82, 2.24) is 0 Å². The molecule has 0 radical (unpaired) electrons. The van der Waals surface area contributed by atoms with Gasteiger partial charge in [-0.05, 0) is 10.6 Å². The van der Waals surface area contributed by atoms with Crippen LogP contribution in [-0.2, 0) is 30.3 Å². The van der Waals surface area contributed by atoms with Crippen molar-refractivity contribution in [3.8, 4) is 0 Å². The van der Waals surface area contributed by atoms with Crippen LogP contribution in [0.15, 0.2) is 91.0 Å². The van der Waals surface area contributed by atoms with Gasteiger partial charge in [-0.25, -0.2) is 0 Å². The lowest BCUT2D eigenvalue weighted by Crippen LogP contribution is -2.52. The minimum atomic E-state index is -1.55. The van der Waals surface area contributed by atoms with E-state index in [9.17, 15) is 0 Å². The van der Waals surface area contributed by atoms with Crippen LogP contribution in [0.3, 0.4) is 0 Å². The van der Waals surface area contributed by atoms with E-state index in [1.165, 1.54) is 15.9 Å². The van der Waals surface area contributed by atoms with E-state index in [0.717, 1.165) is 0 Å². The second-order valence-corrected chi connectivity index (χ2v) is 14.4. The summed E-state index contributed by atoms with van der Waals surface area (Å²) in [6.45, 7) is 8.07. The van der Waals surface area contributed by atoms with Gasteiger partial charge in [0, 0.05) is 0 Å². The number of ether oxygens (including phenoxy) is 5. The third-order valence-corrected chi connectivity index (χ3v) is 11.2. The second kappa shape index (κ2) is 12.5. The molecule has 5 rings (SSSR count). The summed E-state index contributed by atoms with van der Waals surface area (Å²) < 4.78 is 30.6. The first-order chi connectivity index (χ1) is 18.1. The van der Waals surface area contributed by atoms with E-state index in [-0.39, 0.29) is 29.5 Å². The van der Waals surface area contributed by atoms with Crippen molar-refractivity contribution in [2.45, 2.75) is 49.9 Å². The Balaban J connectivity index is 1.12. The highest BCUT2D eigenvalue weighted by molar-refractivity contribution is 6.87. The van der Waals surface area contributed by atoms with Gasteiger partial charge in [-0.2, -0.15) is 0 Å². The average molecular weight is 519 g/mol. The molecule has 0 aliphatic carbocycles. The molecule has 0 bridgehead atoms. The first kappa shape index (κ1) is 26.3. The van der Waals surface area contributed by atoms with E-state index < -0.39 is 8.80 Å². The van der Waals surface area contributed by atoms with Gasteiger partial charge in [0.15, 0.2) is 0 Å². The van der Waals surface area contributed by atoms with Crippen molar-refractivity contribution in [3.63, 3.8) is 0 Å². The lowest BCUT2D eigenvalue weighted by molar-refractivity contribution is -0.0633. The van der Waals surface area contributed by atoms with Crippen molar-refractivity contribution in [2.75, 3.05) is 33.0 Å². The summed E-state index contributed by atoms with van der Waals surface area (Å²) in [7, 11) is -1.55. The topological polar surface area (TPSA) is 46.2 Å². The Morgan fingerprint density at radius 2 is 1.22 bits per heavy atom. The van der Waals surface area contributed by atoms with Gasteiger partial charge in [0.1, 0.15) is 33.2 Å². The number of rotatable bonds is 12. The van der Waals surface area contributed by atoms with Crippen LogP contribution in [0.4, 0.5) is 0 Å². The summed E-state index contributed by atoms with van der Waals surface area (Å²) in [6.07, 6.45) is -0.325. The van der Waals surface area contributed by atoms with E-state index in [0.29, 0.717) is 39.6 Å². The Hall–Kier alpha value is -2.32. The van der Waals surface area contributed by atoms with Gasteiger partial charge < -0.3 is 23.7 Å². The van der Waals surface area contributed by atoms with Gasteiger partial charge in [-0.15, -0.1) is 0 Å². The summed E-state index contributed by atoms with van der Waals surface area (Å²) >= 11 is 0. The second-order valence-electron chi connectivity index (χ2n) is 10.6. The Bertz CT molecular complexity index is 1040. The Kier molecular flexibility index (Phi) is 8.87. The molecule has 4 atom stereocenters. The molecule has 196 valence electrons. The molecule has 3 aromatic carbocycles. The number of hydrogen-bond acceptors (Lipinski definition) is 5. The summed E-state index contributed by atoms with van der Waals surface area (Å²) in [5.74, 6) is 0. The molecule has 3 aromatic rings. The number of benzene rings is 3. The average Bonchev–Trinajstić information content (AvgIpc) is 3.52. The van der Waals surface area contributed by atoms with Gasteiger partial charge in [0.05, 0.1) is 39.6 Å². The predicted octanol–water partition coefficient (Wildman–Crippen LogP) is 3.59. The maximum atomic E-state index is 6.55. The van der Waals surface area contributed by atoms with Crippen LogP contribution >= 0.6 is 0 Å². The SMILES string of the molecule is CC(C)(CO[C@H]1CO[C@H]2[C@H]1OC[C@H]2OCCOCc1ccccc1)[SiH](c1ccccc1)c1ccccc1. The molecule has 0 unspecified atom stereocenters. The minimum Gasteiger partial charge on any atom is -0.374 e. The smallest absolute Gasteiger partial charge is 0.115 e. The summed E-state index contributed by atoms with van der Waals surface area (Å²) in [5, 5.41) is 2.87. The third-order valence-electron chi connectivity index (χ3n) is 7.35. The fourth-order valence-corrected chi connectivity index (χ4v) is 9.20. The molecule has 2 aliphatic rings. The molecule has 2 saturated heterocycles. The van der Waals surface area contributed by atoms with Crippen molar-refractivity contribution in [2.24, 2.45) is 0 Å². The number of hydrogen-bond donors (Lipinski definition) is 0. The van der Waals surface area contributed by atoms with Crippen LogP contribution in [0.5, 0.6) is 0 Å². The first-order valence-corrected chi connectivity index (χ1v) is 15.0. The highest BCUT2D eigenvalue weighted by atomic mass is 28.3. The molecule has 0 saturated carbocycles. The molecular weight excluding hydrogens is 480 g/mol. The Morgan fingerprint density at radius 1 is 0.703 bits per heavy atom. The van der Waals surface area contributed by atoms with Crippen molar-refractivity contribution < 1.29 is 23.7 Å². The molecule has 0 aromatic heterocycles. The zero-order chi connectivity index (χ0) is 25.5. The fourth-order valence-electron chi connectivity index (χ4n) is 5.53. The molecule has 2 aliphatic heterocycles. The van der Waals surface area contributed by atoms with Crippen LogP contribution in [0.25, 0.3) is 0 Å². The zero-order valence-corrected chi connectivity index (χ0v) is 23.0. The Labute approximate surface area is 222 Å². The molecule has 2 fully saturated rings. The zero-order valence-electron chi connectivity index (χ0n) is 21.8. The first-order valence-electron chi connectivity index (χ1n) is 13.3. The highest BCUT2D eigenvalue weighted by Crippen LogP contribution is 2.34. The summed E-state index contributed by atoms with van der Waals surface area (Å²) in [6, 6.07) is 32.0. The van der Waals surface area contributed by atoms with Crippen molar-refractivity contribution >= 4 is 19.2 Å². The van der Waals surface area contributed by atoms with Gasteiger partial charge in [0.2, 0.25) is 0 Å². The maximum absolute atomic E-state index is 6.55. The maximum Gasteiger partial charge on any atom is 0.115 e. The monoisotopic (exact) mass is 518 g/mol. The molecule has 0 amide bonds. The van der Waals surface area contributed by atoms with Crippen molar-refractivity contribution in [3.05, 3.63) is 96.6 Å². The van der Waals surface area contributed by atoms with Crippen LogP contribution in [-0.4, -0.2) is 66.2 Å². The lowest BCUT2D eigenvalue weighted by Gasteiger charge is -2.35. The normalized spacial score (nSPS) is 23.4. The molecule has 6 heteroatoms. The minimum absolute atomic E-state index is 0.00535. The van der Waals surface area contributed by atoms with E-state index in [1.807, 2.05) is 18.2 Å². The predicted molar refractivity (Wildman–Crippen MR) is 148 cm³/mol. The van der Waals surface area contributed by atoms with Crippen LogP contribution < -0.4 is 10.4 Å². The quantitative estimate of drug-likeness (QED) is 0.271. The van der Waals surface area contributed by atoms with E-state index in [1.54, 1.807) is 0 Å². The van der Waals surface area contributed by atoms with Gasteiger partial charge in [-0.3, -0.25) is 0 Å². The summed E-state index contributed by atoms with van der Waals surface area (Å²) in [4.78, 5) is 0. The van der Waals surface area contributed by atoms with E-state index >= 15 is 0 Å². The van der Waals surface area contributed by atoms with Crippen molar-refractivity contribution in [1.29, 1.82) is 0 Å². The van der Waals surface area contributed by atoms with Gasteiger partial charge >= 0.3 is 0 Å². The van der Waals surface area contributed by atoms with E-state index in [4.69, 9.17) is 23.7 Å².